The Bertz CT molecular complexity index is 570. The van der Waals surface area contributed by atoms with E-state index in [2.05, 4.69) is 0 Å². The normalized spacial score (nSPS) is 16.4. The first-order valence-corrected chi connectivity index (χ1v) is 8.94. The van der Waals surface area contributed by atoms with Crippen molar-refractivity contribution < 1.29 is 9.59 Å². The lowest BCUT2D eigenvalue weighted by Crippen LogP contribution is -2.49. The summed E-state index contributed by atoms with van der Waals surface area (Å²) < 4.78 is 0. The highest BCUT2D eigenvalue weighted by atomic mass is 16.2. The summed E-state index contributed by atoms with van der Waals surface area (Å²) in [5.41, 5.74) is 6.76. The van der Waals surface area contributed by atoms with E-state index in [0.717, 1.165) is 5.56 Å². The Labute approximate surface area is 150 Å². The lowest BCUT2D eigenvalue weighted by Gasteiger charge is -2.36. The second-order valence-electron chi connectivity index (χ2n) is 6.92. The van der Waals surface area contributed by atoms with Crippen molar-refractivity contribution in [3.63, 3.8) is 0 Å². The van der Waals surface area contributed by atoms with Crippen molar-refractivity contribution in [2.45, 2.75) is 32.4 Å². The van der Waals surface area contributed by atoms with E-state index in [4.69, 9.17) is 5.73 Å². The van der Waals surface area contributed by atoms with Gasteiger partial charge in [-0.05, 0) is 25.3 Å². The van der Waals surface area contributed by atoms with Crippen molar-refractivity contribution in [1.29, 1.82) is 0 Å². The van der Waals surface area contributed by atoms with Crippen LogP contribution in [0.5, 0.6) is 0 Å². The molecule has 0 bridgehead atoms. The first-order valence-electron chi connectivity index (χ1n) is 8.94. The number of benzene rings is 1. The van der Waals surface area contributed by atoms with Crippen LogP contribution in [-0.2, 0) is 11.3 Å². The molecule has 1 saturated heterocycles. The number of nitrogens with two attached hydrogens (primary N) is 1. The van der Waals surface area contributed by atoms with Crippen molar-refractivity contribution in [2.24, 2.45) is 11.7 Å². The van der Waals surface area contributed by atoms with Gasteiger partial charge in [-0.2, -0.15) is 0 Å². The number of urea groups is 1. The molecule has 1 heterocycles. The van der Waals surface area contributed by atoms with Gasteiger partial charge in [-0.25, -0.2) is 4.79 Å². The van der Waals surface area contributed by atoms with E-state index in [-0.39, 0.29) is 23.9 Å². The van der Waals surface area contributed by atoms with Crippen LogP contribution in [0.15, 0.2) is 30.3 Å². The number of piperidine rings is 1. The monoisotopic (exact) mass is 346 g/mol. The average Bonchev–Trinajstić information content (AvgIpc) is 2.66. The molecule has 3 amide bonds. The number of rotatable bonds is 5. The summed E-state index contributed by atoms with van der Waals surface area (Å²) >= 11 is 0. The largest absolute Gasteiger partial charge is 0.342 e. The summed E-state index contributed by atoms with van der Waals surface area (Å²) in [4.78, 5) is 30.4. The van der Waals surface area contributed by atoms with Crippen LogP contribution in [-0.4, -0.2) is 66.4 Å². The summed E-state index contributed by atoms with van der Waals surface area (Å²) in [6, 6.07) is 10.0. The number of likely N-dealkylation sites (tertiary alicyclic amines) is 1. The molecule has 2 rings (SSSR count). The fourth-order valence-corrected chi connectivity index (χ4v) is 3.15. The van der Waals surface area contributed by atoms with Crippen LogP contribution in [0.2, 0.25) is 0 Å². The third-order valence-corrected chi connectivity index (χ3v) is 5.05. The SMILES string of the molecule is CC(CN)N(C)C(=O)C1CCN(C(=O)N(C)Cc2ccccc2)CC1. The molecule has 1 aliphatic rings. The predicted octanol–water partition coefficient (Wildman–Crippen LogP) is 1.76. The fourth-order valence-electron chi connectivity index (χ4n) is 3.15. The van der Waals surface area contributed by atoms with Crippen LogP contribution < -0.4 is 5.73 Å². The van der Waals surface area contributed by atoms with E-state index in [1.807, 2.05) is 56.3 Å². The van der Waals surface area contributed by atoms with Crippen LogP contribution in [0, 0.1) is 5.92 Å². The molecule has 1 unspecified atom stereocenters. The number of likely N-dealkylation sites (N-methyl/N-ethyl adjacent to an activating group) is 1. The minimum absolute atomic E-state index is 0.0116. The van der Waals surface area contributed by atoms with Crippen molar-refractivity contribution >= 4 is 11.9 Å². The molecule has 138 valence electrons. The molecule has 0 aromatic heterocycles. The molecule has 2 N–H and O–H groups in total. The molecular weight excluding hydrogens is 316 g/mol. The summed E-state index contributed by atoms with van der Waals surface area (Å²) in [7, 11) is 3.63. The number of amides is 3. The minimum atomic E-state index is -0.0116. The van der Waals surface area contributed by atoms with Gasteiger partial charge in [0.25, 0.3) is 0 Å². The lowest BCUT2D eigenvalue weighted by atomic mass is 9.95. The van der Waals surface area contributed by atoms with E-state index < -0.39 is 0 Å². The third-order valence-electron chi connectivity index (χ3n) is 5.05. The van der Waals surface area contributed by atoms with E-state index in [9.17, 15) is 9.59 Å². The van der Waals surface area contributed by atoms with Gasteiger partial charge in [0.2, 0.25) is 5.91 Å². The molecule has 0 aliphatic carbocycles. The number of hydrogen-bond acceptors (Lipinski definition) is 3. The molecule has 1 aromatic carbocycles. The molecule has 0 radical (unpaired) electrons. The Balaban J connectivity index is 1.84. The summed E-state index contributed by atoms with van der Waals surface area (Å²) in [5.74, 6) is 0.130. The van der Waals surface area contributed by atoms with Crippen LogP contribution in [0.4, 0.5) is 4.79 Å². The van der Waals surface area contributed by atoms with E-state index in [1.165, 1.54) is 0 Å². The van der Waals surface area contributed by atoms with Gasteiger partial charge in [-0.3, -0.25) is 4.79 Å². The topological polar surface area (TPSA) is 69.9 Å². The van der Waals surface area contributed by atoms with Crippen LogP contribution in [0.25, 0.3) is 0 Å². The fraction of sp³-hybridized carbons (Fsp3) is 0.579. The molecule has 6 nitrogen and oxygen atoms in total. The van der Waals surface area contributed by atoms with Gasteiger partial charge in [0.05, 0.1) is 0 Å². The Morgan fingerprint density at radius 2 is 1.80 bits per heavy atom. The highest BCUT2D eigenvalue weighted by molar-refractivity contribution is 5.80. The molecular formula is C19H30N4O2. The first-order chi connectivity index (χ1) is 11.9. The van der Waals surface area contributed by atoms with Gasteiger partial charge in [0.15, 0.2) is 0 Å². The zero-order valence-corrected chi connectivity index (χ0v) is 15.5. The van der Waals surface area contributed by atoms with E-state index >= 15 is 0 Å². The molecule has 0 saturated carbocycles. The Morgan fingerprint density at radius 1 is 1.20 bits per heavy atom. The maximum atomic E-state index is 12.6. The Hall–Kier alpha value is -2.08. The van der Waals surface area contributed by atoms with Gasteiger partial charge in [0.1, 0.15) is 0 Å². The molecule has 1 aliphatic heterocycles. The minimum Gasteiger partial charge on any atom is -0.342 e. The summed E-state index contributed by atoms with van der Waals surface area (Å²) in [5, 5.41) is 0. The van der Waals surface area contributed by atoms with Gasteiger partial charge >= 0.3 is 6.03 Å². The second-order valence-corrected chi connectivity index (χ2v) is 6.92. The molecule has 1 fully saturated rings. The number of hydrogen-bond donors (Lipinski definition) is 1. The van der Waals surface area contributed by atoms with Crippen molar-refractivity contribution in [1.82, 2.24) is 14.7 Å². The summed E-state index contributed by atoms with van der Waals surface area (Å²) in [6.07, 6.45) is 1.43. The second kappa shape index (κ2) is 8.85. The average molecular weight is 346 g/mol. The van der Waals surface area contributed by atoms with Gasteiger partial charge in [-0.1, -0.05) is 30.3 Å². The van der Waals surface area contributed by atoms with Crippen LogP contribution in [0.1, 0.15) is 25.3 Å². The van der Waals surface area contributed by atoms with Crippen molar-refractivity contribution in [3.8, 4) is 0 Å². The molecule has 25 heavy (non-hydrogen) atoms. The highest BCUT2D eigenvalue weighted by Crippen LogP contribution is 2.21. The Kier molecular flexibility index (Phi) is 6.82. The first kappa shape index (κ1) is 19.2. The third kappa shape index (κ3) is 4.95. The Morgan fingerprint density at radius 3 is 2.36 bits per heavy atom. The van der Waals surface area contributed by atoms with Gasteiger partial charge in [-0.15, -0.1) is 0 Å². The standard InChI is InChI=1S/C19H30N4O2/c1-15(13-20)22(3)18(24)17-9-11-23(12-10-17)19(25)21(2)14-16-7-5-4-6-8-16/h4-8,15,17H,9-14,20H2,1-3H3. The molecule has 6 heteroatoms. The maximum Gasteiger partial charge on any atom is 0.320 e. The number of carbonyl (C=O) groups is 2. The van der Waals surface area contributed by atoms with E-state index in [0.29, 0.717) is 39.0 Å². The summed E-state index contributed by atoms with van der Waals surface area (Å²) in [6.45, 7) is 4.26. The zero-order valence-electron chi connectivity index (χ0n) is 15.5. The molecule has 1 aromatic rings. The number of nitrogens with zero attached hydrogens (tertiary/aromatic N) is 3. The predicted molar refractivity (Wildman–Crippen MR) is 98.9 cm³/mol. The smallest absolute Gasteiger partial charge is 0.320 e. The molecule has 0 spiro atoms. The van der Waals surface area contributed by atoms with Gasteiger partial charge < -0.3 is 20.4 Å². The van der Waals surface area contributed by atoms with Crippen LogP contribution >= 0.6 is 0 Å². The quantitative estimate of drug-likeness (QED) is 0.883. The zero-order chi connectivity index (χ0) is 18.4. The van der Waals surface area contributed by atoms with Crippen molar-refractivity contribution in [2.75, 3.05) is 33.7 Å². The van der Waals surface area contributed by atoms with Crippen molar-refractivity contribution in [3.05, 3.63) is 35.9 Å². The van der Waals surface area contributed by atoms with Gasteiger partial charge in [0, 0.05) is 52.2 Å². The molecule has 1 atom stereocenters. The maximum absolute atomic E-state index is 12.6. The lowest BCUT2D eigenvalue weighted by molar-refractivity contribution is -0.137. The number of carbonyl (C=O) groups excluding carboxylic acids is 2. The van der Waals surface area contributed by atoms with Crippen LogP contribution in [0.3, 0.4) is 0 Å². The highest BCUT2D eigenvalue weighted by Gasteiger charge is 2.31. The van der Waals surface area contributed by atoms with E-state index in [1.54, 1.807) is 9.80 Å².